The molecule has 7 heteroatoms. The van der Waals surface area contributed by atoms with Crippen LogP contribution >= 0.6 is 27.3 Å². The second-order valence-electron chi connectivity index (χ2n) is 6.11. The first kappa shape index (κ1) is 15.8. The molecule has 0 saturated carbocycles. The number of fused-ring (bicyclic) bond motifs is 1. The minimum absolute atomic E-state index is 0.0147. The van der Waals surface area contributed by atoms with E-state index >= 15 is 0 Å². The fourth-order valence-corrected chi connectivity index (χ4v) is 4.52. The van der Waals surface area contributed by atoms with Gasteiger partial charge in [0.25, 0.3) is 0 Å². The number of aryl methyl sites for hydroxylation is 2. The molecule has 1 N–H and O–H groups in total. The molecule has 24 heavy (non-hydrogen) atoms. The molecule has 0 bridgehead atoms. The maximum atomic E-state index is 12.5. The molecule has 1 aliphatic carbocycles. The van der Waals surface area contributed by atoms with E-state index in [1.165, 1.54) is 4.88 Å². The van der Waals surface area contributed by atoms with E-state index in [-0.39, 0.29) is 24.2 Å². The highest BCUT2D eigenvalue weighted by atomic mass is 79.9. The van der Waals surface area contributed by atoms with Crippen molar-refractivity contribution < 1.29 is 9.59 Å². The van der Waals surface area contributed by atoms with Crippen molar-refractivity contribution in [1.29, 1.82) is 0 Å². The molecule has 1 saturated heterocycles. The van der Waals surface area contributed by atoms with E-state index in [1.54, 1.807) is 16.2 Å². The summed E-state index contributed by atoms with van der Waals surface area (Å²) < 4.78 is 0.962. The summed E-state index contributed by atoms with van der Waals surface area (Å²) in [6.07, 6.45) is 3.46. The third-order valence-corrected chi connectivity index (χ3v) is 6.06. The Morgan fingerprint density at radius 3 is 2.83 bits per heavy atom. The lowest BCUT2D eigenvalue weighted by Gasteiger charge is -2.16. The summed E-state index contributed by atoms with van der Waals surface area (Å²) in [5, 5.41) is 3.56. The number of hydrogen-bond donors (Lipinski definition) is 1. The second kappa shape index (κ2) is 6.29. The van der Waals surface area contributed by atoms with Gasteiger partial charge in [0.1, 0.15) is 0 Å². The molecule has 1 aromatic heterocycles. The van der Waals surface area contributed by atoms with Crippen LogP contribution < -0.4 is 10.2 Å². The van der Waals surface area contributed by atoms with Crippen LogP contribution in [-0.4, -0.2) is 23.3 Å². The number of benzene rings is 1. The highest BCUT2D eigenvalue weighted by Crippen LogP contribution is 2.32. The van der Waals surface area contributed by atoms with Gasteiger partial charge in [0.2, 0.25) is 11.8 Å². The Morgan fingerprint density at radius 2 is 2.08 bits per heavy atom. The van der Waals surface area contributed by atoms with E-state index < -0.39 is 0 Å². The highest BCUT2D eigenvalue weighted by molar-refractivity contribution is 9.10. The van der Waals surface area contributed by atoms with Gasteiger partial charge in [0.15, 0.2) is 5.13 Å². The lowest BCUT2D eigenvalue weighted by molar-refractivity contribution is -0.122. The Hall–Kier alpha value is -1.73. The van der Waals surface area contributed by atoms with E-state index in [0.29, 0.717) is 11.7 Å². The first-order chi connectivity index (χ1) is 11.6. The van der Waals surface area contributed by atoms with Gasteiger partial charge in [-0.25, -0.2) is 4.98 Å². The molecule has 124 valence electrons. The van der Waals surface area contributed by atoms with Gasteiger partial charge in [-0.1, -0.05) is 15.9 Å². The molecule has 5 nitrogen and oxygen atoms in total. The second-order valence-corrected chi connectivity index (χ2v) is 8.11. The summed E-state index contributed by atoms with van der Waals surface area (Å²) >= 11 is 4.95. The van der Waals surface area contributed by atoms with Gasteiger partial charge in [0.05, 0.1) is 11.6 Å². The zero-order chi connectivity index (χ0) is 16.7. The van der Waals surface area contributed by atoms with Crippen molar-refractivity contribution in [2.24, 2.45) is 5.92 Å². The van der Waals surface area contributed by atoms with Crippen molar-refractivity contribution >= 4 is 49.9 Å². The summed E-state index contributed by atoms with van der Waals surface area (Å²) in [6, 6.07) is 7.56. The quantitative estimate of drug-likeness (QED) is 0.850. The molecular formula is C17H16BrN3O2S. The summed E-state index contributed by atoms with van der Waals surface area (Å²) in [5.41, 5.74) is 1.95. The zero-order valence-electron chi connectivity index (χ0n) is 12.9. The number of aromatic nitrogens is 1. The summed E-state index contributed by atoms with van der Waals surface area (Å²) in [6.45, 7) is 0.414. The summed E-state index contributed by atoms with van der Waals surface area (Å²) in [7, 11) is 0. The number of nitrogens with one attached hydrogen (secondary N) is 1. The number of anilines is 2. The standard InChI is InChI=1S/C17H16BrN3O2S/c18-11-4-6-12(7-5-11)21-9-10(8-15(21)22)16(23)20-17-19-13-2-1-3-14(13)24-17/h4-7,10H,1-3,8-9H2,(H,19,20,23). The van der Waals surface area contributed by atoms with Crippen LogP contribution in [0.4, 0.5) is 10.8 Å². The molecule has 0 spiro atoms. The summed E-state index contributed by atoms with van der Waals surface area (Å²) in [5.74, 6) is -0.464. The summed E-state index contributed by atoms with van der Waals surface area (Å²) in [4.78, 5) is 32.2. The smallest absolute Gasteiger partial charge is 0.231 e. The number of carbonyl (C=O) groups excluding carboxylic acids is 2. The van der Waals surface area contributed by atoms with E-state index in [1.807, 2.05) is 24.3 Å². The van der Waals surface area contributed by atoms with Gasteiger partial charge in [0, 0.05) is 28.0 Å². The van der Waals surface area contributed by atoms with Crippen LogP contribution in [0, 0.1) is 5.92 Å². The van der Waals surface area contributed by atoms with Crippen molar-refractivity contribution in [3.8, 4) is 0 Å². The van der Waals surface area contributed by atoms with Crippen molar-refractivity contribution in [2.45, 2.75) is 25.7 Å². The predicted molar refractivity (Wildman–Crippen MR) is 97.4 cm³/mol. The largest absolute Gasteiger partial charge is 0.312 e. The van der Waals surface area contributed by atoms with Gasteiger partial charge in [-0.15, -0.1) is 11.3 Å². The third kappa shape index (κ3) is 2.98. The molecule has 2 heterocycles. The van der Waals surface area contributed by atoms with Crippen molar-refractivity contribution in [3.05, 3.63) is 39.3 Å². The molecule has 1 aliphatic heterocycles. The number of hydrogen-bond acceptors (Lipinski definition) is 4. The molecule has 1 atom stereocenters. The van der Waals surface area contributed by atoms with Crippen molar-refractivity contribution in [2.75, 3.05) is 16.8 Å². The van der Waals surface area contributed by atoms with Crippen LogP contribution in [0.25, 0.3) is 0 Å². The Bertz CT molecular complexity index is 781. The lowest BCUT2D eigenvalue weighted by Crippen LogP contribution is -2.28. The van der Waals surface area contributed by atoms with E-state index in [2.05, 4.69) is 26.2 Å². The Labute approximate surface area is 152 Å². The van der Waals surface area contributed by atoms with Crippen LogP contribution in [0.3, 0.4) is 0 Å². The lowest BCUT2D eigenvalue weighted by atomic mass is 10.1. The number of carbonyl (C=O) groups is 2. The molecule has 2 amide bonds. The average molecular weight is 406 g/mol. The number of rotatable bonds is 3. The number of nitrogens with zero attached hydrogens (tertiary/aromatic N) is 2. The number of halogens is 1. The SMILES string of the molecule is O=C(Nc1nc2c(s1)CCC2)C1CC(=O)N(c2ccc(Br)cc2)C1. The third-order valence-electron chi connectivity index (χ3n) is 4.46. The predicted octanol–water partition coefficient (Wildman–Crippen LogP) is 3.39. The van der Waals surface area contributed by atoms with Crippen LogP contribution in [0.5, 0.6) is 0 Å². The molecule has 1 fully saturated rings. The molecule has 1 aromatic carbocycles. The fraction of sp³-hybridized carbons (Fsp3) is 0.353. The van der Waals surface area contributed by atoms with E-state index in [4.69, 9.17) is 0 Å². The molecule has 2 aliphatic rings. The maximum Gasteiger partial charge on any atom is 0.231 e. The van der Waals surface area contributed by atoms with Crippen LogP contribution in [0.15, 0.2) is 28.7 Å². The topological polar surface area (TPSA) is 62.3 Å². The molecule has 1 unspecified atom stereocenters. The van der Waals surface area contributed by atoms with Gasteiger partial charge < -0.3 is 10.2 Å². The van der Waals surface area contributed by atoms with Gasteiger partial charge in [-0.05, 0) is 43.5 Å². The molecule has 0 radical (unpaired) electrons. The molecular weight excluding hydrogens is 390 g/mol. The van der Waals surface area contributed by atoms with Crippen LogP contribution in [0.2, 0.25) is 0 Å². The monoisotopic (exact) mass is 405 g/mol. The molecule has 4 rings (SSSR count). The minimum atomic E-state index is -0.333. The Balaban J connectivity index is 1.43. The van der Waals surface area contributed by atoms with Crippen LogP contribution in [-0.2, 0) is 22.4 Å². The minimum Gasteiger partial charge on any atom is -0.312 e. The highest BCUT2D eigenvalue weighted by Gasteiger charge is 2.35. The van der Waals surface area contributed by atoms with Gasteiger partial charge >= 0.3 is 0 Å². The van der Waals surface area contributed by atoms with Crippen molar-refractivity contribution in [1.82, 2.24) is 4.98 Å². The zero-order valence-corrected chi connectivity index (χ0v) is 15.3. The van der Waals surface area contributed by atoms with E-state index in [9.17, 15) is 9.59 Å². The number of thiazole rings is 1. The first-order valence-corrected chi connectivity index (χ1v) is 9.56. The van der Waals surface area contributed by atoms with Crippen molar-refractivity contribution in [3.63, 3.8) is 0 Å². The normalized spacial score (nSPS) is 19.6. The van der Waals surface area contributed by atoms with E-state index in [0.717, 1.165) is 35.1 Å². The number of amides is 2. The maximum absolute atomic E-state index is 12.5. The first-order valence-electron chi connectivity index (χ1n) is 7.95. The van der Waals surface area contributed by atoms with Gasteiger partial charge in [-0.3, -0.25) is 9.59 Å². The Morgan fingerprint density at radius 1 is 1.29 bits per heavy atom. The van der Waals surface area contributed by atoms with Crippen LogP contribution in [0.1, 0.15) is 23.4 Å². The van der Waals surface area contributed by atoms with Gasteiger partial charge in [-0.2, -0.15) is 0 Å². The fourth-order valence-electron chi connectivity index (χ4n) is 3.21. The average Bonchev–Trinajstić information content (AvgIpc) is 3.22. The Kier molecular flexibility index (Phi) is 4.14. The molecule has 2 aromatic rings.